The Bertz CT molecular complexity index is 459. The second kappa shape index (κ2) is 3.98. The molecule has 2 rings (SSSR count). The lowest BCUT2D eigenvalue weighted by molar-refractivity contribution is 0.584. The largest absolute Gasteiger partial charge is 0.330 e. The predicted octanol–water partition coefficient (Wildman–Crippen LogP) is 1.51. The van der Waals surface area contributed by atoms with Crippen molar-refractivity contribution in [2.24, 2.45) is 5.73 Å². The summed E-state index contributed by atoms with van der Waals surface area (Å²) in [5.41, 5.74) is 7.49. The van der Waals surface area contributed by atoms with Crippen molar-refractivity contribution < 1.29 is 0 Å². The third kappa shape index (κ3) is 1.72. The first-order valence-electron chi connectivity index (χ1n) is 5.26. The first-order chi connectivity index (χ1) is 7.24. The van der Waals surface area contributed by atoms with Crippen molar-refractivity contribution in [3.05, 3.63) is 24.2 Å². The molecule has 0 saturated carbocycles. The molecule has 0 radical (unpaired) electrons. The summed E-state index contributed by atoms with van der Waals surface area (Å²) in [6.07, 6.45) is 2.57. The van der Waals surface area contributed by atoms with Crippen molar-refractivity contribution in [3.63, 3.8) is 0 Å². The van der Waals surface area contributed by atoms with Crippen LogP contribution in [0.1, 0.15) is 25.7 Å². The second-order valence-corrected chi connectivity index (χ2v) is 3.88. The van der Waals surface area contributed by atoms with Crippen molar-refractivity contribution in [2.45, 2.75) is 26.3 Å². The first kappa shape index (κ1) is 10.1. The number of nitrogens with zero attached hydrogens (tertiary/aromatic N) is 3. The van der Waals surface area contributed by atoms with E-state index in [0.29, 0.717) is 12.6 Å². The van der Waals surface area contributed by atoms with Gasteiger partial charge >= 0.3 is 0 Å². The molecular formula is C11H16N4. The SMILES string of the molecule is CC(C)n1c(CCN)nc2ncccc21. The van der Waals surface area contributed by atoms with Crippen LogP contribution in [0.5, 0.6) is 0 Å². The third-order valence-electron chi connectivity index (χ3n) is 2.42. The number of fused-ring (bicyclic) bond motifs is 1. The molecule has 0 unspecified atom stereocenters. The van der Waals surface area contributed by atoms with Gasteiger partial charge in [-0.2, -0.15) is 0 Å². The average Bonchev–Trinajstić information content (AvgIpc) is 2.56. The van der Waals surface area contributed by atoms with Crippen molar-refractivity contribution in [2.75, 3.05) is 6.54 Å². The molecule has 0 aliphatic carbocycles. The summed E-state index contributed by atoms with van der Waals surface area (Å²) in [6, 6.07) is 4.38. The van der Waals surface area contributed by atoms with E-state index in [1.807, 2.05) is 6.07 Å². The minimum absolute atomic E-state index is 0.390. The maximum absolute atomic E-state index is 5.58. The fourth-order valence-electron chi connectivity index (χ4n) is 1.86. The molecule has 2 aromatic rings. The van der Waals surface area contributed by atoms with Crippen LogP contribution in [0, 0.1) is 0 Å². The topological polar surface area (TPSA) is 56.7 Å². The predicted molar refractivity (Wildman–Crippen MR) is 60.7 cm³/mol. The fraction of sp³-hybridized carbons (Fsp3) is 0.455. The second-order valence-electron chi connectivity index (χ2n) is 3.88. The highest BCUT2D eigenvalue weighted by Gasteiger charge is 2.12. The standard InChI is InChI=1S/C11H16N4/c1-8(2)15-9-4-3-7-13-11(9)14-10(15)5-6-12/h3-4,7-8H,5-6,12H2,1-2H3. The Labute approximate surface area is 89.1 Å². The van der Waals surface area contributed by atoms with Crippen LogP contribution in [0.2, 0.25) is 0 Å². The van der Waals surface area contributed by atoms with E-state index in [0.717, 1.165) is 23.4 Å². The molecule has 2 N–H and O–H groups in total. The molecule has 0 fully saturated rings. The summed E-state index contributed by atoms with van der Waals surface area (Å²) in [5.74, 6) is 1.03. The van der Waals surface area contributed by atoms with Gasteiger partial charge in [0.25, 0.3) is 0 Å². The normalized spacial score (nSPS) is 11.5. The number of hydrogen-bond acceptors (Lipinski definition) is 3. The Kier molecular flexibility index (Phi) is 2.68. The molecule has 2 heterocycles. The maximum Gasteiger partial charge on any atom is 0.177 e. The Morgan fingerprint density at radius 3 is 2.93 bits per heavy atom. The molecule has 0 aliphatic heterocycles. The number of pyridine rings is 1. The van der Waals surface area contributed by atoms with Crippen molar-refractivity contribution >= 4 is 11.2 Å². The number of hydrogen-bond donors (Lipinski definition) is 1. The van der Waals surface area contributed by atoms with E-state index in [-0.39, 0.29) is 0 Å². The summed E-state index contributed by atoms with van der Waals surface area (Å²) < 4.78 is 2.20. The van der Waals surface area contributed by atoms with Gasteiger partial charge < -0.3 is 10.3 Å². The highest BCUT2D eigenvalue weighted by Crippen LogP contribution is 2.19. The lowest BCUT2D eigenvalue weighted by Crippen LogP contribution is -2.11. The van der Waals surface area contributed by atoms with Crippen molar-refractivity contribution in [1.82, 2.24) is 14.5 Å². The summed E-state index contributed by atoms with van der Waals surface area (Å²) in [4.78, 5) is 8.75. The Morgan fingerprint density at radius 1 is 1.47 bits per heavy atom. The van der Waals surface area contributed by atoms with Gasteiger partial charge in [-0.15, -0.1) is 0 Å². The van der Waals surface area contributed by atoms with E-state index in [2.05, 4.69) is 34.4 Å². The van der Waals surface area contributed by atoms with Crippen LogP contribution in [0.3, 0.4) is 0 Å². The third-order valence-corrected chi connectivity index (χ3v) is 2.42. The lowest BCUT2D eigenvalue weighted by Gasteiger charge is -2.11. The van der Waals surface area contributed by atoms with Crippen LogP contribution in [0.15, 0.2) is 18.3 Å². The van der Waals surface area contributed by atoms with E-state index < -0.39 is 0 Å². The van der Waals surface area contributed by atoms with E-state index in [4.69, 9.17) is 5.73 Å². The molecule has 4 nitrogen and oxygen atoms in total. The molecule has 0 aliphatic rings. The smallest absolute Gasteiger partial charge is 0.177 e. The molecule has 4 heteroatoms. The number of nitrogens with two attached hydrogens (primary N) is 1. The van der Waals surface area contributed by atoms with Crippen LogP contribution in [-0.4, -0.2) is 21.1 Å². The molecule has 0 amide bonds. The first-order valence-corrected chi connectivity index (χ1v) is 5.26. The van der Waals surface area contributed by atoms with Gasteiger partial charge in [-0.25, -0.2) is 9.97 Å². The van der Waals surface area contributed by atoms with Gasteiger partial charge in [0.05, 0.1) is 5.52 Å². The Hall–Kier alpha value is -1.42. The summed E-state index contributed by atoms with van der Waals surface area (Å²) >= 11 is 0. The van der Waals surface area contributed by atoms with E-state index in [1.165, 1.54) is 0 Å². The molecule has 80 valence electrons. The number of imidazole rings is 1. The molecule has 0 atom stereocenters. The van der Waals surface area contributed by atoms with Crippen molar-refractivity contribution in [1.29, 1.82) is 0 Å². The minimum Gasteiger partial charge on any atom is -0.330 e. The molecular weight excluding hydrogens is 188 g/mol. The number of rotatable bonds is 3. The van der Waals surface area contributed by atoms with Gasteiger partial charge in [0.15, 0.2) is 5.65 Å². The minimum atomic E-state index is 0.390. The van der Waals surface area contributed by atoms with Crippen LogP contribution in [-0.2, 0) is 6.42 Å². The van der Waals surface area contributed by atoms with Crippen molar-refractivity contribution in [3.8, 4) is 0 Å². The van der Waals surface area contributed by atoms with Crippen LogP contribution >= 0.6 is 0 Å². The lowest BCUT2D eigenvalue weighted by atomic mass is 10.3. The Balaban J connectivity index is 2.63. The summed E-state index contributed by atoms with van der Waals surface area (Å²) in [6.45, 7) is 4.91. The van der Waals surface area contributed by atoms with Gasteiger partial charge in [0.2, 0.25) is 0 Å². The van der Waals surface area contributed by atoms with Crippen LogP contribution in [0.25, 0.3) is 11.2 Å². The summed E-state index contributed by atoms with van der Waals surface area (Å²) in [7, 11) is 0. The van der Waals surface area contributed by atoms with E-state index in [1.54, 1.807) is 6.20 Å². The zero-order valence-corrected chi connectivity index (χ0v) is 9.14. The van der Waals surface area contributed by atoms with E-state index in [9.17, 15) is 0 Å². The highest BCUT2D eigenvalue weighted by atomic mass is 15.1. The van der Waals surface area contributed by atoms with E-state index >= 15 is 0 Å². The average molecular weight is 204 g/mol. The molecule has 0 saturated heterocycles. The molecule has 15 heavy (non-hydrogen) atoms. The fourth-order valence-corrected chi connectivity index (χ4v) is 1.86. The highest BCUT2D eigenvalue weighted by molar-refractivity contribution is 5.71. The molecule has 0 bridgehead atoms. The monoisotopic (exact) mass is 204 g/mol. The quantitative estimate of drug-likeness (QED) is 0.824. The van der Waals surface area contributed by atoms with Gasteiger partial charge in [-0.3, -0.25) is 0 Å². The van der Waals surface area contributed by atoms with Gasteiger partial charge in [0, 0.05) is 18.7 Å². The zero-order chi connectivity index (χ0) is 10.8. The molecule has 0 spiro atoms. The van der Waals surface area contributed by atoms with Crippen LogP contribution < -0.4 is 5.73 Å². The molecule has 0 aromatic carbocycles. The van der Waals surface area contributed by atoms with Crippen LogP contribution in [0.4, 0.5) is 0 Å². The number of aromatic nitrogens is 3. The summed E-state index contributed by atoms with van der Waals surface area (Å²) in [5, 5.41) is 0. The molecule has 2 aromatic heterocycles. The van der Waals surface area contributed by atoms with Gasteiger partial charge in [0.1, 0.15) is 5.82 Å². The maximum atomic E-state index is 5.58. The Morgan fingerprint density at radius 2 is 2.27 bits per heavy atom. The van der Waals surface area contributed by atoms with Gasteiger partial charge in [-0.1, -0.05) is 0 Å². The zero-order valence-electron chi connectivity index (χ0n) is 9.14. The van der Waals surface area contributed by atoms with Gasteiger partial charge in [-0.05, 0) is 32.5 Å².